The van der Waals surface area contributed by atoms with E-state index in [1.165, 1.54) is 0 Å². The fourth-order valence-electron chi connectivity index (χ4n) is 1.75. The van der Waals surface area contributed by atoms with Crippen molar-refractivity contribution in [3.05, 3.63) is 51.0 Å². The molecule has 0 saturated carbocycles. The third kappa shape index (κ3) is 3.15. The number of nitrogens with one attached hydrogen (secondary N) is 1. The van der Waals surface area contributed by atoms with Gasteiger partial charge < -0.3 is 9.72 Å². The van der Waals surface area contributed by atoms with Gasteiger partial charge in [-0.2, -0.15) is 0 Å². The number of thiazole rings is 1. The zero-order chi connectivity index (χ0) is 13.2. The Morgan fingerprint density at radius 2 is 2.25 bits per heavy atom. The number of ether oxygens (including phenoxy) is 1. The van der Waals surface area contributed by atoms with Gasteiger partial charge in [0.15, 0.2) is 0 Å². The van der Waals surface area contributed by atoms with E-state index in [1.807, 2.05) is 24.4 Å². The van der Waals surface area contributed by atoms with Crippen LogP contribution in [0.1, 0.15) is 10.7 Å². The molecule has 0 bridgehead atoms. The largest absolute Gasteiger partial charge is 0.487 e. The maximum atomic E-state index is 11.2. The van der Waals surface area contributed by atoms with Crippen molar-refractivity contribution in [1.82, 2.24) is 15.0 Å². The average Bonchev–Trinajstić information content (AvgIpc) is 2.81. The Hall–Kier alpha value is -1.92. The minimum absolute atomic E-state index is 0. The van der Waals surface area contributed by atoms with Gasteiger partial charge in [0, 0.05) is 23.0 Å². The molecule has 0 aliphatic carbocycles. The third-order valence-corrected chi connectivity index (χ3v) is 3.46. The number of hydrogen-bond acceptors (Lipinski definition) is 5. The molecule has 0 radical (unpaired) electrons. The molecule has 2 heterocycles. The molecule has 20 heavy (non-hydrogen) atoms. The van der Waals surface area contributed by atoms with Gasteiger partial charge >= 0.3 is 5.69 Å². The summed E-state index contributed by atoms with van der Waals surface area (Å²) in [6, 6.07) is 5.50. The summed E-state index contributed by atoms with van der Waals surface area (Å²) in [5.74, 6) is 0.694. The van der Waals surface area contributed by atoms with Gasteiger partial charge in [0.1, 0.15) is 12.4 Å². The number of halogens is 1. The molecule has 0 unspecified atom stereocenters. The highest BCUT2D eigenvalue weighted by Crippen LogP contribution is 2.19. The highest BCUT2D eigenvalue weighted by molar-refractivity contribution is 7.09. The standard InChI is InChI=1S/C13H11N3O2S.ClH/c1-8-15-10(7-19-8)6-18-11-3-2-9-5-14-13(17)16-12(9)4-11;/h2-5,7H,6H2,1H3,(H,14,16,17);1H. The maximum absolute atomic E-state index is 11.2. The van der Waals surface area contributed by atoms with Crippen LogP contribution in [0, 0.1) is 6.92 Å². The summed E-state index contributed by atoms with van der Waals surface area (Å²) in [5, 5.41) is 3.87. The lowest BCUT2D eigenvalue weighted by atomic mass is 10.2. The van der Waals surface area contributed by atoms with Crippen LogP contribution in [0.4, 0.5) is 0 Å². The Kier molecular flexibility index (Phi) is 4.36. The molecule has 5 nitrogen and oxygen atoms in total. The van der Waals surface area contributed by atoms with Gasteiger partial charge in [-0.05, 0) is 19.1 Å². The van der Waals surface area contributed by atoms with Crippen LogP contribution in [0.2, 0.25) is 0 Å². The van der Waals surface area contributed by atoms with Gasteiger partial charge in [-0.25, -0.2) is 14.8 Å². The molecule has 2 aromatic heterocycles. The Bertz CT molecular complexity index is 784. The highest BCUT2D eigenvalue weighted by atomic mass is 35.5. The lowest BCUT2D eigenvalue weighted by Gasteiger charge is -2.05. The number of hydrogen-bond donors (Lipinski definition) is 1. The van der Waals surface area contributed by atoms with Crippen LogP contribution in [-0.4, -0.2) is 15.0 Å². The molecule has 0 fully saturated rings. The molecule has 0 atom stereocenters. The lowest BCUT2D eigenvalue weighted by molar-refractivity contribution is 0.302. The predicted octanol–water partition coefficient (Wildman–Crippen LogP) is 2.69. The van der Waals surface area contributed by atoms with Crippen LogP contribution < -0.4 is 10.4 Å². The van der Waals surface area contributed by atoms with Crippen molar-refractivity contribution >= 4 is 34.6 Å². The van der Waals surface area contributed by atoms with Crippen molar-refractivity contribution in [2.24, 2.45) is 0 Å². The van der Waals surface area contributed by atoms with E-state index in [-0.39, 0.29) is 18.1 Å². The van der Waals surface area contributed by atoms with E-state index in [0.29, 0.717) is 17.9 Å². The number of fused-ring (bicyclic) bond motifs is 1. The second-order valence-electron chi connectivity index (χ2n) is 4.08. The first-order chi connectivity index (χ1) is 9.20. The van der Waals surface area contributed by atoms with Gasteiger partial charge in [0.2, 0.25) is 0 Å². The molecule has 0 aliphatic rings. The summed E-state index contributed by atoms with van der Waals surface area (Å²) >= 11 is 1.60. The van der Waals surface area contributed by atoms with E-state index in [1.54, 1.807) is 23.6 Å². The van der Waals surface area contributed by atoms with Gasteiger partial charge in [0.05, 0.1) is 16.2 Å². The molecular formula is C13H12ClN3O2S. The molecule has 0 aliphatic heterocycles. The second kappa shape index (κ2) is 6.02. The summed E-state index contributed by atoms with van der Waals surface area (Å²) in [6.45, 7) is 2.38. The number of H-pyrrole nitrogens is 1. The first-order valence-electron chi connectivity index (χ1n) is 5.73. The van der Waals surface area contributed by atoms with Gasteiger partial charge in [0.25, 0.3) is 0 Å². The van der Waals surface area contributed by atoms with Crippen LogP contribution in [0.5, 0.6) is 5.75 Å². The molecule has 3 rings (SSSR count). The smallest absolute Gasteiger partial charge is 0.345 e. The number of aromatic amines is 1. The summed E-state index contributed by atoms with van der Waals surface area (Å²) in [5.41, 5.74) is 1.26. The molecular weight excluding hydrogens is 298 g/mol. The molecule has 0 spiro atoms. The molecule has 1 aromatic carbocycles. The summed E-state index contributed by atoms with van der Waals surface area (Å²) in [6.07, 6.45) is 1.54. The SMILES string of the molecule is Cc1nc(COc2ccc3cnc(=O)[nH]c3c2)cs1.Cl. The van der Waals surface area contributed by atoms with Crippen LogP contribution in [0.15, 0.2) is 34.6 Å². The lowest BCUT2D eigenvalue weighted by Crippen LogP contribution is -2.08. The fourth-order valence-corrected chi connectivity index (χ4v) is 2.35. The zero-order valence-corrected chi connectivity index (χ0v) is 12.3. The van der Waals surface area contributed by atoms with E-state index in [2.05, 4.69) is 15.0 Å². The zero-order valence-electron chi connectivity index (χ0n) is 10.6. The van der Waals surface area contributed by atoms with Gasteiger partial charge in [-0.3, -0.25) is 0 Å². The number of rotatable bonds is 3. The number of benzene rings is 1. The van der Waals surface area contributed by atoms with E-state index < -0.39 is 0 Å². The van der Waals surface area contributed by atoms with Crippen LogP contribution in [-0.2, 0) is 6.61 Å². The minimum Gasteiger partial charge on any atom is -0.487 e. The maximum Gasteiger partial charge on any atom is 0.345 e. The highest BCUT2D eigenvalue weighted by Gasteiger charge is 2.02. The second-order valence-corrected chi connectivity index (χ2v) is 5.15. The van der Waals surface area contributed by atoms with Crippen molar-refractivity contribution in [2.45, 2.75) is 13.5 Å². The quantitative estimate of drug-likeness (QED) is 0.807. The van der Waals surface area contributed by atoms with Gasteiger partial charge in [-0.15, -0.1) is 23.7 Å². The van der Waals surface area contributed by atoms with E-state index in [9.17, 15) is 4.79 Å². The molecule has 0 saturated heterocycles. The van der Waals surface area contributed by atoms with Crippen LogP contribution in [0.3, 0.4) is 0 Å². The molecule has 104 valence electrons. The normalized spacial score (nSPS) is 10.2. The predicted molar refractivity (Wildman–Crippen MR) is 80.8 cm³/mol. The van der Waals surface area contributed by atoms with Crippen molar-refractivity contribution in [3.63, 3.8) is 0 Å². The number of aromatic nitrogens is 3. The summed E-state index contributed by atoms with van der Waals surface area (Å²) in [4.78, 5) is 21.8. The minimum atomic E-state index is -0.361. The first kappa shape index (κ1) is 14.5. The number of nitrogens with zero attached hydrogens (tertiary/aromatic N) is 2. The summed E-state index contributed by atoms with van der Waals surface area (Å²) in [7, 11) is 0. The first-order valence-corrected chi connectivity index (χ1v) is 6.61. The fraction of sp³-hybridized carbons (Fsp3) is 0.154. The average molecular weight is 310 g/mol. The van der Waals surface area contributed by atoms with Crippen molar-refractivity contribution < 1.29 is 4.74 Å². The van der Waals surface area contributed by atoms with E-state index >= 15 is 0 Å². The van der Waals surface area contributed by atoms with E-state index in [0.717, 1.165) is 16.1 Å². The number of aryl methyl sites for hydroxylation is 1. The molecule has 7 heteroatoms. The van der Waals surface area contributed by atoms with E-state index in [4.69, 9.17) is 4.74 Å². The van der Waals surface area contributed by atoms with Crippen molar-refractivity contribution in [1.29, 1.82) is 0 Å². The Balaban J connectivity index is 0.00000147. The Labute approximate surface area is 125 Å². The molecule has 1 N–H and O–H groups in total. The molecule has 0 amide bonds. The third-order valence-electron chi connectivity index (χ3n) is 2.64. The Morgan fingerprint density at radius 3 is 3.00 bits per heavy atom. The topological polar surface area (TPSA) is 67.9 Å². The Morgan fingerprint density at radius 1 is 1.40 bits per heavy atom. The summed E-state index contributed by atoms with van der Waals surface area (Å²) < 4.78 is 5.66. The van der Waals surface area contributed by atoms with Gasteiger partial charge in [-0.1, -0.05) is 0 Å². The van der Waals surface area contributed by atoms with Crippen molar-refractivity contribution in [2.75, 3.05) is 0 Å². The van der Waals surface area contributed by atoms with Crippen LogP contribution in [0.25, 0.3) is 10.9 Å². The van der Waals surface area contributed by atoms with Crippen LogP contribution >= 0.6 is 23.7 Å². The molecule has 3 aromatic rings. The van der Waals surface area contributed by atoms with Crippen molar-refractivity contribution in [3.8, 4) is 5.75 Å². The monoisotopic (exact) mass is 309 g/mol.